The number of imidazole rings is 1. The molecule has 0 radical (unpaired) electrons. The number of carbonyl (C=O) groups is 1. The molecule has 2 aromatic heterocycles. The molecule has 1 aliphatic rings. The first-order chi connectivity index (χ1) is 18.3. The Bertz CT molecular complexity index is 1590. The van der Waals surface area contributed by atoms with Crippen LogP contribution in [-0.4, -0.2) is 32.5 Å². The predicted molar refractivity (Wildman–Crippen MR) is 138 cm³/mol. The number of nitrogens with zero attached hydrogens (tertiary/aromatic N) is 3. The normalized spacial score (nSPS) is 15.8. The summed E-state index contributed by atoms with van der Waals surface area (Å²) >= 11 is 0. The van der Waals surface area contributed by atoms with Crippen LogP contribution in [0.2, 0.25) is 0 Å². The third-order valence-corrected chi connectivity index (χ3v) is 6.48. The van der Waals surface area contributed by atoms with E-state index in [0.717, 1.165) is 6.07 Å². The Balaban J connectivity index is 1.61. The second kappa shape index (κ2) is 9.51. The second-order valence-corrected chi connectivity index (χ2v) is 9.81. The highest BCUT2D eigenvalue weighted by atomic mass is 19.4. The molecule has 3 heterocycles. The van der Waals surface area contributed by atoms with Gasteiger partial charge in [0.15, 0.2) is 0 Å². The van der Waals surface area contributed by atoms with Gasteiger partial charge in [-0.2, -0.15) is 13.2 Å². The van der Waals surface area contributed by atoms with Crippen molar-refractivity contribution >= 4 is 17.4 Å². The van der Waals surface area contributed by atoms with Gasteiger partial charge in [0.1, 0.15) is 23.0 Å². The van der Waals surface area contributed by atoms with Crippen LogP contribution in [0.1, 0.15) is 46.9 Å². The van der Waals surface area contributed by atoms with Gasteiger partial charge >= 0.3 is 6.18 Å². The largest absolute Gasteiger partial charge is 0.416 e. The van der Waals surface area contributed by atoms with Crippen molar-refractivity contribution in [1.29, 1.82) is 0 Å². The molecule has 39 heavy (non-hydrogen) atoms. The lowest BCUT2D eigenvalue weighted by molar-refractivity contribution is -0.138. The summed E-state index contributed by atoms with van der Waals surface area (Å²) in [6.07, 6.45) is -0.194. The van der Waals surface area contributed by atoms with Gasteiger partial charge in [0.2, 0.25) is 0 Å². The summed E-state index contributed by atoms with van der Waals surface area (Å²) in [5.74, 6) is -2.05. The Morgan fingerprint density at radius 2 is 1.82 bits per heavy atom. The molecule has 0 bridgehead atoms. The second-order valence-electron chi connectivity index (χ2n) is 9.81. The first-order valence-electron chi connectivity index (χ1n) is 12.0. The maximum absolute atomic E-state index is 15.1. The third kappa shape index (κ3) is 5.10. The number of anilines is 1. The van der Waals surface area contributed by atoms with Gasteiger partial charge in [-0.3, -0.25) is 9.20 Å². The molecule has 1 atom stereocenters. The van der Waals surface area contributed by atoms with E-state index in [1.165, 1.54) is 11.1 Å². The molecular weight excluding hydrogens is 514 g/mol. The van der Waals surface area contributed by atoms with Crippen LogP contribution in [0.25, 0.3) is 16.9 Å². The number of nitrogens with one attached hydrogen (secondary N) is 2. The molecule has 0 aliphatic carbocycles. The quantitative estimate of drug-likeness (QED) is 0.286. The van der Waals surface area contributed by atoms with Crippen molar-refractivity contribution in [3.63, 3.8) is 0 Å². The summed E-state index contributed by atoms with van der Waals surface area (Å²) in [5.41, 5.74) is 1.66. The van der Waals surface area contributed by atoms with E-state index in [-0.39, 0.29) is 11.4 Å². The molecule has 5 rings (SSSR count). The number of rotatable bonds is 5. The van der Waals surface area contributed by atoms with Crippen LogP contribution in [-0.2, 0) is 11.8 Å². The van der Waals surface area contributed by atoms with Crippen molar-refractivity contribution in [1.82, 2.24) is 19.8 Å². The lowest BCUT2D eigenvalue weighted by Crippen LogP contribution is -2.29. The van der Waals surface area contributed by atoms with E-state index in [9.17, 15) is 23.1 Å². The lowest BCUT2D eigenvalue weighted by Gasteiger charge is -2.21. The van der Waals surface area contributed by atoms with Crippen molar-refractivity contribution < 1.29 is 27.5 Å². The Morgan fingerprint density at radius 3 is 2.44 bits per heavy atom. The van der Waals surface area contributed by atoms with E-state index in [2.05, 4.69) is 15.7 Å². The molecule has 0 saturated carbocycles. The van der Waals surface area contributed by atoms with Crippen molar-refractivity contribution in [2.45, 2.75) is 31.7 Å². The zero-order valence-electron chi connectivity index (χ0n) is 21.2. The number of aliphatic hydroxyl groups is 1. The third-order valence-electron chi connectivity index (χ3n) is 6.48. The smallest absolute Gasteiger partial charge is 0.386 e. The highest BCUT2D eigenvalue weighted by Gasteiger charge is 2.37. The Labute approximate surface area is 221 Å². The van der Waals surface area contributed by atoms with Gasteiger partial charge in [0, 0.05) is 25.0 Å². The van der Waals surface area contributed by atoms with Crippen LogP contribution in [0.5, 0.6) is 0 Å². The molecule has 4 aromatic rings. The molecule has 0 spiro atoms. The Hall–Kier alpha value is -4.22. The molecule has 7 nitrogen and oxygen atoms in total. The topological polar surface area (TPSA) is 81.9 Å². The molecule has 1 aliphatic heterocycles. The molecule has 202 valence electrons. The average Bonchev–Trinajstić information content (AvgIpc) is 3.46. The van der Waals surface area contributed by atoms with Crippen LogP contribution in [0.3, 0.4) is 0 Å². The van der Waals surface area contributed by atoms with Gasteiger partial charge in [-0.15, -0.1) is 0 Å². The van der Waals surface area contributed by atoms with Crippen LogP contribution >= 0.6 is 0 Å². The molecule has 1 amide bonds. The fourth-order valence-corrected chi connectivity index (χ4v) is 4.48. The Kier molecular flexibility index (Phi) is 6.44. The zero-order valence-corrected chi connectivity index (χ0v) is 21.2. The fraction of sp³-hybridized carbons (Fsp3) is 0.214. The minimum atomic E-state index is -4.83. The number of hydrogen-bond donors (Lipinski definition) is 3. The number of fused-ring (bicyclic) bond motifs is 1. The summed E-state index contributed by atoms with van der Waals surface area (Å²) in [4.78, 5) is 18.0. The number of hydrazine groups is 1. The monoisotopic (exact) mass is 539 g/mol. The van der Waals surface area contributed by atoms with Crippen LogP contribution in [0, 0.1) is 5.82 Å². The molecular formula is C28H25F4N5O2. The summed E-state index contributed by atoms with van der Waals surface area (Å²) in [6, 6.07) is 12.6. The number of benzene rings is 2. The van der Waals surface area contributed by atoms with Gasteiger partial charge in [0.05, 0.1) is 22.8 Å². The van der Waals surface area contributed by atoms with Gasteiger partial charge in [-0.1, -0.05) is 30.3 Å². The molecule has 0 fully saturated rings. The van der Waals surface area contributed by atoms with Crippen LogP contribution < -0.4 is 10.7 Å². The first kappa shape index (κ1) is 26.4. The van der Waals surface area contributed by atoms with Crippen molar-refractivity contribution in [2.24, 2.45) is 0 Å². The summed E-state index contributed by atoms with van der Waals surface area (Å²) < 4.78 is 58.0. The molecule has 3 N–H and O–H groups in total. The number of alkyl halides is 3. The van der Waals surface area contributed by atoms with Crippen molar-refractivity contribution in [3.8, 4) is 11.3 Å². The van der Waals surface area contributed by atoms with E-state index in [0.29, 0.717) is 28.5 Å². The summed E-state index contributed by atoms with van der Waals surface area (Å²) in [6.45, 7) is 3.25. The van der Waals surface area contributed by atoms with Gasteiger partial charge in [-0.05, 0) is 55.3 Å². The molecule has 0 saturated heterocycles. The maximum Gasteiger partial charge on any atom is 0.416 e. The van der Waals surface area contributed by atoms with Gasteiger partial charge in [0.25, 0.3) is 5.91 Å². The SMILES string of the molecule is CN1C=CC(c2cc(C(=O)Nc3c(-c4ccccc4)nc4cc(C(C)(C)O)ccn34)c(F)cc2C(F)(F)F)N1. The number of aromatic nitrogens is 2. The number of amides is 1. The fourth-order valence-electron chi connectivity index (χ4n) is 4.48. The molecule has 11 heteroatoms. The predicted octanol–water partition coefficient (Wildman–Crippen LogP) is 5.64. The van der Waals surface area contributed by atoms with E-state index in [4.69, 9.17) is 0 Å². The van der Waals surface area contributed by atoms with Gasteiger partial charge in [-0.25, -0.2) is 14.8 Å². The standard InChI is InChI=1S/C28H25F4N5O2/c1-27(2,39)17-9-12-37-23(13-17)33-24(16-7-5-4-6-8-16)25(37)34-26(38)19-14-18(22-10-11-36(3)35-22)20(15-21(19)29)28(30,31)32/h4-15,22,35,39H,1-3H3,(H,34,38). The Morgan fingerprint density at radius 1 is 1.10 bits per heavy atom. The van der Waals surface area contributed by atoms with Crippen LogP contribution in [0.4, 0.5) is 23.4 Å². The molecule has 1 unspecified atom stereocenters. The average molecular weight is 540 g/mol. The summed E-state index contributed by atoms with van der Waals surface area (Å²) in [5, 5.41) is 14.6. The van der Waals surface area contributed by atoms with Crippen molar-refractivity contribution in [3.05, 3.63) is 101 Å². The number of pyridine rings is 1. The minimum Gasteiger partial charge on any atom is -0.386 e. The van der Waals surface area contributed by atoms with Gasteiger partial charge < -0.3 is 15.4 Å². The highest BCUT2D eigenvalue weighted by molar-refractivity contribution is 6.06. The van der Waals surface area contributed by atoms with Crippen LogP contribution in [0.15, 0.2) is 73.1 Å². The first-order valence-corrected chi connectivity index (χ1v) is 12.0. The maximum atomic E-state index is 15.1. The number of hydrogen-bond acceptors (Lipinski definition) is 5. The summed E-state index contributed by atoms with van der Waals surface area (Å²) in [7, 11) is 1.61. The zero-order chi connectivity index (χ0) is 28.1. The number of carbonyl (C=O) groups excluding carboxylic acids is 1. The van der Waals surface area contributed by atoms with E-state index in [1.807, 2.05) is 6.07 Å². The van der Waals surface area contributed by atoms with E-state index in [1.54, 1.807) is 74.1 Å². The van der Waals surface area contributed by atoms with Crippen molar-refractivity contribution in [2.75, 3.05) is 12.4 Å². The number of halogens is 4. The van der Waals surface area contributed by atoms with E-state index < -0.39 is 40.7 Å². The highest BCUT2D eigenvalue weighted by Crippen LogP contribution is 2.38. The molecule has 2 aromatic carbocycles. The van der Waals surface area contributed by atoms with E-state index >= 15 is 4.39 Å². The minimum absolute atomic E-state index is 0.197. The lowest BCUT2D eigenvalue weighted by atomic mass is 9.96.